The standard InChI is InChI=1S/C23H26N2O4/c1-4-17-7-5-6-8-20(17)24-21(26)14-29-23(28)18-12-22(27)25(13-18)19-10-9-15(2)16(3)11-19/h5-11,18H,4,12-14H2,1-3H3,(H,24,26)/t18-/m0/s1. The average Bonchev–Trinajstić information content (AvgIpc) is 3.10. The van der Waals surface area contributed by atoms with E-state index in [0.29, 0.717) is 5.69 Å². The number of hydrogen-bond acceptors (Lipinski definition) is 4. The third kappa shape index (κ3) is 4.83. The van der Waals surface area contributed by atoms with Crippen LogP contribution in [0.5, 0.6) is 0 Å². The van der Waals surface area contributed by atoms with Gasteiger partial charge in [-0.1, -0.05) is 31.2 Å². The number of anilines is 2. The SMILES string of the molecule is CCc1ccccc1NC(=O)COC(=O)[C@H]1CC(=O)N(c2ccc(C)c(C)c2)C1. The molecule has 2 amide bonds. The van der Waals surface area contributed by atoms with Gasteiger partial charge in [0.15, 0.2) is 6.61 Å². The number of rotatable bonds is 6. The second-order valence-corrected chi connectivity index (χ2v) is 7.34. The molecule has 0 radical (unpaired) electrons. The summed E-state index contributed by atoms with van der Waals surface area (Å²) in [6, 6.07) is 13.3. The molecule has 0 saturated carbocycles. The van der Waals surface area contributed by atoms with Gasteiger partial charge in [0.05, 0.1) is 5.92 Å². The lowest BCUT2D eigenvalue weighted by Gasteiger charge is -2.18. The molecule has 1 atom stereocenters. The Bertz CT molecular complexity index is 938. The van der Waals surface area contributed by atoms with Crippen LogP contribution in [0.2, 0.25) is 0 Å². The van der Waals surface area contributed by atoms with Crippen molar-refractivity contribution in [3.05, 3.63) is 59.2 Å². The first-order valence-electron chi connectivity index (χ1n) is 9.81. The van der Waals surface area contributed by atoms with Crippen molar-refractivity contribution in [3.63, 3.8) is 0 Å². The van der Waals surface area contributed by atoms with Crippen LogP contribution in [0, 0.1) is 19.8 Å². The van der Waals surface area contributed by atoms with Gasteiger partial charge >= 0.3 is 5.97 Å². The van der Waals surface area contributed by atoms with E-state index in [1.54, 1.807) is 4.90 Å². The van der Waals surface area contributed by atoms with Crippen LogP contribution < -0.4 is 10.2 Å². The molecular formula is C23H26N2O4. The molecule has 3 rings (SSSR count). The van der Waals surface area contributed by atoms with E-state index in [1.807, 2.05) is 63.2 Å². The molecule has 6 heteroatoms. The summed E-state index contributed by atoms with van der Waals surface area (Å²) >= 11 is 0. The monoisotopic (exact) mass is 394 g/mol. The zero-order valence-corrected chi connectivity index (χ0v) is 17.0. The van der Waals surface area contributed by atoms with Crippen LogP contribution in [0.1, 0.15) is 30.0 Å². The van der Waals surface area contributed by atoms with E-state index < -0.39 is 17.8 Å². The summed E-state index contributed by atoms with van der Waals surface area (Å²) in [4.78, 5) is 38.5. The molecule has 1 heterocycles. The zero-order chi connectivity index (χ0) is 21.0. The summed E-state index contributed by atoms with van der Waals surface area (Å²) in [6.07, 6.45) is 0.876. The maximum absolute atomic E-state index is 12.4. The van der Waals surface area contributed by atoms with Gasteiger partial charge < -0.3 is 15.0 Å². The van der Waals surface area contributed by atoms with Crippen LogP contribution in [0.4, 0.5) is 11.4 Å². The highest BCUT2D eigenvalue weighted by Gasteiger charge is 2.36. The number of hydrogen-bond donors (Lipinski definition) is 1. The molecule has 0 aromatic heterocycles. The van der Waals surface area contributed by atoms with Crippen LogP contribution in [0.25, 0.3) is 0 Å². The number of carbonyl (C=O) groups is 3. The van der Waals surface area contributed by atoms with E-state index >= 15 is 0 Å². The molecule has 0 bridgehead atoms. The molecule has 6 nitrogen and oxygen atoms in total. The zero-order valence-electron chi connectivity index (χ0n) is 17.0. The Balaban J connectivity index is 1.55. The van der Waals surface area contributed by atoms with Gasteiger partial charge in [0.2, 0.25) is 5.91 Å². The van der Waals surface area contributed by atoms with Gasteiger partial charge in [-0.3, -0.25) is 14.4 Å². The quantitative estimate of drug-likeness (QED) is 0.762. The number of nitrogens with one attached hydrogen (secondary N) is 1. The third-order valence-electron chi connectivity index (χ3n) is 5.28. The van der Waals surface area contributed by atoms with E-state index in [-0.39, 0.29) is 25.5 Å². The second kappa shape index (κ2) is 8.90. The Kier molecular flexibility index (Phi) is 6.32. The van der Waals surface area contributed by atoms with Crippen LogP contribution in [0.15, 0.2) is 42.5 Å². The normalized spacial score (nSPS) is 16.0. The van der Waals surface area contributed by atoms with Crippen LogP contribution >= 0.6 is 0 Å². The molecule has 1 aliphatic rings. The third-order valence-corrected chi connectivity index (χ3v) is 5.28. The lowest BCUT2D eigenvalue weighted by molar-refractivity contribution is -0.151. The molecule has 0 unspecified atom stereocenters. The predicted molar refractivity (Wildman–Crippen MR) is 112 cm³/mol. The largest absolute Gasteiger partial charge is 0.455 e. The van der Waals surface area contributed by atoms with Gasteiger partial charge in [-0.2, -0.15) is 0 Å². The summed E-state index contributed by atoms with van der Waals surface area (Å²) in [5.74, 6) is -1.60. The molecule has 1 saturated heterocycles. The van der Waals surface area contributed by atoms with Crippen molar-refractivity contribution in [2.45, 2.75) is 33.6 Å². The Morgan fingerprint density at radius 2 is 1.90 bits per heavy atom. The van der Waals surface area contributed by atoms with E-state index in [4.69, 9.17) is 4.74 Å². The summed E-state index contributed by atoms with van der Waals surface area (Å²) in [7, 11) is 0. The first-order valence-corrected chi connectivity index (χ1v) is 9.81. The van der Waals surface area contributed by atoms with E-state index in [1.165, 1.54) is 0 Å². The Labute approximate surface area is 170 Å². The number of amides is 2. The lowest BCUT2D eigenvalue weighted by atomic mass is 10.1. The molecule has 2 aromatic carbocycles. The minimum absolute atomic E-state index is 0.0893. The van der Waals surface area contributed by atoms with E-state index in [2.05, 4.69) is 5.32 Å². The number of carbonyl (C=O) groups excluding carboxylic acids is 3. The number of para-hydroxylation sites is 1. The molecular weight excluding hydrogens is 368 g/mol. The highest BCUT2D eigenvalue weighted by molar-refractivity contribution is 6.00. The summed E-state index contributed by atoms with van der Waals surface area (Å²) in [5.41, 5.74) is 4.74. The Hall–Kier alpha value is -3.15. The van der Waals surface area contributed by atoms with E-state index in [9.17, 15) is 14.4 Å². The molecule has 1 fully saturated rings. The highest BCUT2D eigenvalue weighted by Crippen LogP contribution is 2.27. The number of ether oxygens (including phenoxy) is 1. The van der Waals surface area contributed by atoms with Crippen LogP contribution in [-0.4, -0.2) is 30.9 Å². The summed E-state index contributed by atoms with van der Waals surface area (Å²) in [6.45, 7) is 5.89. The second-order valence-electron chi connectivity index (χ2n) is 7.34. The average molecular weight is 394 g/mol. The first-order chi connectivity index (χ1) is 13.9. The lowest BCUT2D eigenvalue weighted by Crippen LogP contribution is -2.28. The molecule has 152 valence electrons. The first kappa shape index (κ1) is 20.6. The highest BCUT2D eigenvalue weighted by atomic mass is 16.5. The maximum atomic E-state index is 12.4. The Morgan fingerprint density at radius 3 is 2.62 bits per heavy atom. The number of esters is 1. The van der Waals surface area contributed by atoms with Crippen molar-refractivity contribution < 1.29 is 19.1 Å². The van der Waals surface area contributed by atoms with Crippen molar-refractivity contribution >= 4 is 29.2 Å². The number of benzene rings is 2. The minimum atomic E-state index is -0.570. The maximum Gasteiger partial charge on any atom is 0.311 e. The Morgan fingerprint density at radius 1 is 1.14 bits per heavy atom. The van der Waals surface area contributed by atoms with Gasteiger partial charge in [-0.15, -0.1) is 0 Å². The topological polar surface area (TPSA) is 75.7 Å². The minimum Gasteiger partial charge on any atom is -0.455 e. The van der Waals surface area contributed by atoms with Gasteiger partial charge in [-0.05, 0) is 55.2 Å². The fraction of sp³-hybridized carbons (Fsp3) is 0.348. The molecule has 29 heavy (non-hydrogen) atoms. The van der Waals surface area contributed by atoms with Crippen molar-refractivity contribution in [2.24, 2.45) is 5.92 Å². The number of nitrogens with zero attached hydrogens (tertiary/aromatic N) is 1. The van der Waals surface area contributed by atoms with E-state index in [0.717, 1.165) is 28.8 Å². The van der Waals surface area contributed by atoms with Crippen molar-refractivity contribution in [1.29, 1.82) is 0 Å². The van der Waals surface area contributed by atoms with Gasteiger partial charge in [-0.25, -0.2) is 0 Å². The van der Waals surface area contributed by atoms with Crippen LogP contribution in [0.3, 0.4) is 0 Å². The van der Waals surface area contributed by atoms with Gasteiger partial charge in [0.1, 0.15) is 0 Å². The predicted octanol–water partition coefficient (Wildman–Crippen LogP) is 3.40. The fourth-order valence-corrected chi connectivity index (χ4v) is 3.40. The van der Waals surface area contributed by atoms with Gasteiger partial charge in [0.25, 0.3) is 5.91 Å². The molecule has 1 aliphatic heterocycles. The summed E-state index contributed by atoms with van der Waals surface area (Å²) in [5, 5.41) is 2.77. The van der Waals surface area contributed by atoms with Crippen molar-refractivity contribution in [2.75, 3.05) is 23.4 Å². The smallest absolute Gasteiger partial charge is 0.311 e. The molecule has 1 N–H and O–H groups in total. The molecule has 0 spiro atoms. The van der Waals surface area contributed by atoms with Gasteiger partial charge in [0, 0.05) is 24.3 Å². The van der Waals surface area contributed by atoms with Crippen molar-refractivity contribution in [3.8, 4) is 0 Å². The molecule has 0 aliphatic carbocycles. The summed E-state index contributed by atoms with van der Waals surface area (Å²) < 4.78 is 5.18. The number of aryl methyl sites for hydroxylation is 3. The van der Waals surface area contributed by atoms with Crippen molar-refractivity contribution in [1.82, 2.24) is 0 Å². The van der Waals surface area contributed by atoms with Crippen LogP contribution in [-0.2, 0) is 25.5 Å². The fourth-order valence-electron chi connectivity index (χ4n) is 3.40. The molecule has 2 aromatic rings.